The average Bonchev–Trinajstić information content (AvgIpc) is 2.63. The number of carbonyl (C=O) groups excluding carboxylic acids is 1. The van der Waals surface area contributed by atoms with Gasteiger partial charge in [0.1, 0.15) is 0 Å². The second-order valence-corrected chi connectivity index (χ2v) is 5.89. The van der Waals surface area contributed by atoms with Gasteiger partial charge in [0.25, 0.3) is 5.91 Å². The first-order valence-electron chi connectivity index (χ1n) is 7.80. The van der Waals surface area contributed by atoms with Crippen LogP contribution >= 0.6 is 11.6 Å². The number of hydrogen-bond donors (Lipinski definition) is 2. The molecule has 1 aliphatic heterocycles. The fraction of sp³-hybridized carbons (Fsp3) is 0.278. The first-order chi connectivity index (χ1) is 11.7. The second-order valence-electron chi connectivity index (χ2n) is 5.45. The number of ether oxygens (including phenoxy) is 2. The summed E-state index contributed by atoms with van der Waals surface area (Å²) >= 11 is 5.90. The summed E-state index contributed by atoms with van der Waals surface area (Å²) in [5.74, 6) is -0.199. The quantitative estimate of drug-likeness (QED) is 0.872. The Balaban J connectivity index is 1.63. The van der Waals surface area contributed by atoms with E-state index in [0.717, 1.165) is 11.3 Å². The number of halogens is 1. The highest BCUT2D eigenvalue weighted by molar-refractivity contribution is 6.30. The zero-order valence-electron chi connectivity index (χ0n) is 13.1. The topological polar surface area (TPSA) is 59.6 Å². The minimum absolute atomic E-state index is 0.199. The highest BCUT2D eigenvalue weighted by Crippen LogP contribution is 2.22. The molecule has 1 atom stereocenters. The fourth-order valence-corrected chi connectivity index (χ4v) is 2.52. The summed E-state index contributed by atoms with van der Waals surface area (Å²) in [6, 6.07) is 15.2. The maximum absolute atomic E-state index is 12.3. The van der Waals surface area contributed by atoms with Crippen LogP contribution in [0.3, 0.4) is 0 Å². The van der Waals surface area contributed by atoms with Crippen molar-refractivity contribution in [1.29, 1.82) is 0 Å². The van der Waals surface area contributed by atoms with E-state index in [-0.39, 0.29) is 12.5 Å². The SMILES string of the molecule is O=C(Nc1ccccc1NCc1ccc(Cl)cc1)[C@@H]1COCCO1. The number of hydrogen-bond acceptors (Lipinski definition) is 4. The van der Waals surface area contributed by atoms with Crippen molar-refractivity contribution in [3.8, 4) is 0 Å². The molecule has 5 nitrogen and oxygen atoms in total. The molecule has 0 bridgehead atoms. The largest absolute Gasteiger partial charge is 0.379 e. The zero-order chi connectivity index (χ0) is 16.8. The molecule has 0 saturated carbocycles. The molecule has 1 heterocycles. The summed E-state index contributed by atoms with van der Waals surface area (Å²) in [6.07, 6.45) is -0.567. The molecule has 2 aromatic carbocycles. The highest BCUT2D eigenvalue weighted by atomic mass is 35.5. The molecule has 0 aromatic heterocycles. The number of para-hydroxylation sites is 2. The third-order valence-electron chi connectivity index (χ3n) is 3.69. The van der Waals surface area contributed by atoms with E-state index >= 15 is 0 Å². The Morgan fingerprint density at radius 2 is 1.83 bits per heavy atom. The third kappa shape index (κ3) is 4.47. The number of carbonyl (C=O) groups is 1. The maximum atomic E-state index is 12.3. The van der Waals surface area contributed by atoms with E-state index in [9.17, 15) is 4.79 Å². The van der Waals surface area contributed by atoms with E-state index in [1.54, 1.807) is 0 Å². The summed E-state index contributed by atoms with van der Waals surface area (Å²) < 4.78 is 10.7. The lowest BCUT2D eigenvalue weighted by Crippen LogP contribution is -2.39. The molecule has 2 N–H and O–H groups in total. The smallest absolute Gasteiger partial charge is 0.255 e. The molecule has 1 amide bonds. The first kappa shape index (κ1) is 16.8. The number of anilines is 2. The van der Waals surface area contributed by atoms with Crippen molar-refractivity contribution >= 4 is 28.9 Å². The van der Waals surface area contributed by atoms with Crippen molar-refractivity contribution in [3.63, 3.8) is 0 Å². The van der Waals surface area contributed by atoms with Crippen LogP contribution in [0.1, 0.15) is 5.56 Å². The molecule has 3 rings (SSSR count). The monoisotopic (exact) mass is 346 g/mol. The number of rotatable bonds is 5. The van der Waals surface area contributed by atoms with E-state index in [0.29, 0.717) is 30.5 Å². The van der Waals surface area contributed by atoms with Crippen LogP contribution in [-0.2, 0) is 20.8 Å². The van der Waals surface area contributed by atoms with Crippen LogP contribution in [0.15, 0.2) is 48.5 Å². The van der Waals surface area contributed by atoms with E-state index in [1.807, 2.05) is 48.5 Å². The first-order valence-corrected chi connectivity index (χ1v) is 8.18. The Hall–Kier alpha value is -2.08. The fourth-order valence-electron chi connectivity index (χ4n) is 2.40. The predicted molar refractivity (Wildman–Crippen MR) is 94.4 cm³/mol. The average molecular weight is 347 g/mol. The van der Waals surface area contributed by atoms with Gasteiger partial charge in [-0.05, 0) is 29.8 Å². The van der Waals surface area contributed by atoms with Gasteiger partial charge < -0.3 is 20.1 Å². The van der Waals surface area contributed by atoms with Gasteiger partial charge in [-0.2, -0.15) is 0 Å². The Labute approximate surface area is 145 Å². The molecule has 24 heavy (non-hydrogen) atoms. The molecule has 1 saturated heterocycles. The van der Waals surface area contributed by atoms with Crippen molar-refractivity contribution in [3.05, 3.63) is 59.1 Å². The molecular formula is C18H19ClN2O3. The summed E-state index contributed by atoms with van der Waals surface area (Å²) in [5.41, 5.74) is 2.66. The third-order valence-corrected chi connectivity index (χ3v) is 3.94. The zero-order valence-corrected chi connectivity index (χ0v) is 13.9. The summed E-state index contributed by atoms with van der Waals surface area (Å²) in [7, 11) is 0. The van der Waals surface area contributed by atoms with E-state index < -0.39 is 6.10 Å². The van der Waals surface area contributed by atoms with Crippen molar-refractivity contribution in [2.75, 3.05) is 30.5 Å². The van der Waals surface area contributed by atoms with Crippen LogP contribution in [0.2, 0.25) is 5.02 Å². The Morgan fingerprint density at radius 3 is 2.54 bits per heavy atom. The van der Waals surface area contributed by atoms with E-state index in [2.05, 4.69) is 10.6 Å². The standard InChI is InChI=1S/C18H19ClN2O3/c19-14-7-5-13(6-8-14)11-20-15-3-1-2-4-16(15)21-18(22)17-12-23-9-10-24-17/h1-8,17,20H,9-12H2,(H,21,22)/t17-/m0/s1. The van der Waals surface area contributed by atoms with Gasteiger partial charge >= 0.3 is 0 Å². The summed E-state index contributed by atoms with van der Waals surface area (Å²) in [5, 5.41) is 6.93. The van der Waals surface area contributed by atoms with Crippen LogP contribution in [0.4, 0.5) is 11.4 Å². The van der Waals surface area contributed by atoms with Crippen molar-refractivity contribution < 1.29 is 14.3 Å². The predicted octanol–water partition coefficient (Wildman–Crippen LogP) is 3.31. The minimum Gasteiger partial charge on any atom is -0.379 e. The molecule has 1 aliphatic rings. The van der Waals surface area contributed by atoms with Gasteiger partial charge in [0, 0.05) is 11.6 Å². The van der Waals surface area contributed by atoms with E-state index in [1.165, 1.54) is 0 Å². The molecule has 0 radical (unpaired) electrons. The molecule has 0 aliphatic carbocycles. The lowest BCUT2D eigenvalue weighted by Gasteiger charge is -2.22. The van der Waals surface area contributed by atoms with E-state index in [4.69, 9.17) is 21.1 Å². The maximum Gasteiger partial charge on any atom is 0.255 e. The van der Waals surface area contributed by atoms with Gasteiger partial charge in [-0.15, -0.1) is 0 Å². The Morgan fingerprint density at radius 1 is 1.08 bits per heavy atom. The molecule has 1 fully saturated rings. The summed E-state index contributed by atoms with van der Waals surface area (Å²) in [4.78, 5) is 12.3. The number of benzene rings is 2. The van der Waals surface area contributed by atoms with Crippen molar-refractivity contribution in [2.24, 2.45) is 0 Å². The van der Waals surface area contributed by atoms with Crippen molar-refractivity contribution in [2.45, 2.75) is 12.6 Å². The second kappa shape index (κ2) is 8.15. The minimum atomic E-state index is -0.567. The number of amides is 1. The molecule has 2 aromatic rings. The molecular weight excluding hydrogens is 328 g/mol. The van der Waals surface area contributed by atoms with Crippen molar-refractivity contribution in [1.82, 2.24) is 0 Å². The molecule has 0 unspecified atom stereocenters. The lowest BCUT2D eigenvalue weighted by molar-refractivity contribution is -0.142. The van der Waals surface area contributed by atoms with Crippen LogP contribution in [0, 0.1) is 0 Å². The van der Waals surface area contributed by atoms with Gasteiger partial charge in [0.15, 0.2) is 6.10 Å². The van der Waals surface area contributed by atoms with Crippen LogP contribution in [0.5, 0.6) is 0 Å². The van der Waals surface area contributed by atoms with Crippen LogP contribution in [-0.4, -0.2) is 31.8 Å². The number of nitrogens with one attached hydrogen (secondary N) is 2. The molecule has 126 valence electrons. The van der Waals surface area contributed by atoms with Crippen LogP contribution < -0.4 is 10.6 Å². The Bertz CT molecular complexity index is 685. The summed E-state index contributed by atoms with van der Waals surface area (Å²) in [6.45, 7) is 1.89. The Kier molecular flexibility index (Phi) is 5.69. The normalized spacial score (nSPS) is 17.3. The van der Waals surface area contributed by atoms with Gasteiger partial charge in [-0.25, -0.2) is 0 Å². The lowest BCUT2D eigenvalue weighted by atomic mass is 10.2. The van der Waals surface area contributed by atoms with Gasteiger partial charge in [-0.1, -0.05) is 35.9 Å². The highest BCUT2D eigenvalue weighted by Gasteiger charge is 2.23. The van der Waals surface area contributed by atoms with Crippen LogP contribution in [0.25, 0.3) is 0 Å². The molecule has 0 spiro atoms. The van der Waals surface area contributed by atoms with Gasteiger partial charge in [-0.3, -0.25) is 4.79 Å². The van der Waals surface area contributed by atoms with Gasteiger partial charge in [0.05, 0.1) is 31.2 Å². The molecule has 6 heteroatoms. The van der Waals surface area contributed by atoms with Gasteiger partial charge in [0.2, 0.25) is 0 Å².